The maximum Gasteiger partial charge on any atom is 0.150 e. The first-order valence-corrected chi connectivity index (χ1v) is 5.70. The number of benzene rings is 2. The topological polar surface area (TPSA) is 38.3 Å². The van der Waals surface area contributed by atoms with Crippen LogP contribution in [-0.2, 0) is 0 Å². The third kappa shape index (κ3) is 2.69. The molecule has 92 valence electrons. The Labute approximate surface area is 106 Å². The lowest BCUT2D eigenvalue weighted by molar-refractivity contribution is 0.112. The molecule has 0 amide bonds. The summed E-state index contributed by atoms with van der Waals surface area (Å²) in [7, 11) is 1.59. The Balaban J connectivity index is 2.28. The number of carbonyl (C=O) groups excluding carboxylic acids is 1. The fraction of sp³-hybridized carbons (Fsp3) is 0.133. The first-order valence-electron chi connectivity index (χ1n) is 5.70. The summed E-state index contributed by atoms with van der Waals surface area (Å²) in [4.78, 5) is 10.7. The third-order valence-electron chi connectivity index (χ3n) is 2.69. The molecule has 0 radical (unpaired) electrons. The van der Waals surface area contributed by atoms with Gasteiger partial charge in [0, 0.05) is 11.3 Å². The molecule has 3 nitrogen and oxygen atoms in total. The molecule has 0 aliphatic carbocycles. The van der Waals surface area contributed by atoms with Gasteiger partial charge in [0.1, 0.15) is 12.0 Å². The van der Waals surface area contributed by atoms with Crippen molar-refractivity contribution in [1.29, 1.82) is 0 Å². The Kier molecular flexibility index (Phi) is 3.63. The van der Waals surface area contributed by atoms with Crippen molar-refractivity contribution in [3.05, 3.63) is 53.6 Å². The van der Waals surface area contributed by atoms with Gasteiger partial charge < -0.3 is 10.1 Å². The quantitative estimate of drug-likeness (QED) is 0.832. The molecular weight excluding hydrogens is 226 g/mol. The monoisotopic (exact) mass is 241 g/mol. The van der Waals surface area contributed by atoms with Gasteiger partial charge in [-0.2, -0.15) is 0 Å². The summed E-state index contributed by atoms with van der Waals surface area (Å²) >= 11 is 0. The van der Waals surface area contributed by atoms with Gasteiger partial charge in [0.15, 0.2) is 0 Å². The molecule has 1 N–H and O–H groups in total. The van der Waals surface area contributed by atoms with E-state index in [1.807, 2.05) is 37.3 Å². The minimum absolute atomic E-state index is 0.598. The van der Waals surface area contributed by atoms with E-state index in [-0.39, 0.29) is 0 Å². The van der Waals surface area contributed by atoms with E-state index < -0.39 is 0 Å². The second-order valence-electron chi connectivity index (χ2n) is 4.07. The van der Waals surface area contributed by atoms with E-state index in [0.717, 1.165) is 17.7 Å². The fourth-order valence-corrected chi connectivity index (χ4v) is 1.68. The van der Waals surface area contributed by atoms with Gasteiger partial charge in [-0.1, -0.05) is 17.7 Å². The van der Waals surface area contributed by atoms with Crippen LogP contribution in [0.15, 0.2) is 42.5 Å². The lowest BCUT2D eigenvalue weighted by Crippen LogP contribution is -1.95. The SMILES string of the molecule is COc1cc(C=O)ccc1Nc1ccc(C)cc1. The number of hydrogen-bond acceptors (Lipinski definition) is 3. The van der Waals surface area contributed by atoms with Gasteiger partial charge in [0.05, 0.1) is 12.8 Å². The van der Waals surface area contributed by atoms with Crippen molar-refractivity contribution in [2.24, 2.45) is 0 Å². The molecule has 3 heteroatoms. The van der Waals surface area contributed by atoms with Crippen LogP contribution in [0.4, 0.5) is 11.4 Å². The second kappa shape index (κ2) is 5.36. The zero-order valence-electron chi connectivity index (χ0n) is 10.4. The molecule has 0 atom stereocenters. The van der Waals surface area contributed by atoms with Crippen LogP contribution in [-0.4, -0.2) is 13.4 Å². The van der Waals surface area contributed by atoms with E-state index in [1.165, 1.54) is 5.56 Å². The van der Waals surface area contributed by atoms with Crippen molar-refractivity contribution in [2.75, 3.05) is 12.4 Å². The van der Waals surface area contributed by atoms with E-state index in [1.54, 1.807) is 19.2 Å². The van der Waals surface area contributed by atoms with Crippen LogP contribution in [0.2, 0.25) is 0 Å². The maximum atomic E-state index is 10.7. The summed E-state index contributed by atoms with van der Waals surface area (Å²) in [5.74, 6) is 0.653. The Morgan fingerprint density at radius 1 is 1.11 bits per heavy atom. The Morgan fingerprint density at radius 2 is 1.83 bits per heavy atom. The van der Waals surface area contributed by atoms with Crippen LogP contribution in [0, 0.1) is 6.92 Å². The van der Waals surface area contributed by atoms with Gasteiger partial charge in [0.25, 0.3) is 0 Å². The van der Waals surface area contributed by atoms with E-state index in [0.29, 0.717) is 11.3 Å². The van der Waals surface area contributed by atoms with Gasteiger partial charge in [-0.05, 0) is 37.3 Å². The number of aldehydes is 1. The van der Waals surface area contributed by atoms with Crippen LogP contribution >= 0.6 is 0 Å². The summed E-state index contributed by atoms with van der Waals surface area (Å²) in [6.45, 7) is 2.04. The average molecular weight is 241 g/mol. The molecule has 0 aliphatic rings. The van der Waals surface area contributed by atoms with Crippen molar-refractivity contribution in [3.63, 3.8) is 0 Å². The summed E-state index contributed by atoms with van der Waals surface area (Å²) in [6.07, 6.45) is 0.804. The molecule has 0 bridgehead atoms. The molecule has 2 aromatic carbocycles. The highest BCUT2D eigenvalue weighted by atomic mass is 16.5. The lowest BCUT2D eigenvalue weighted by atomic mass is 10.2. The minimum atomic E-state index is 0.598. The van der Waals surface area contributed by atoms with Crippen LogP contribution < -0.4 is 10.1 Å². The highest BCUT2D eigenvalue weighted by Gasteiger charge is 2.04. The largest absolute Gasteiger partial charge is 0.495 e. The number of nitrogens with one attached hydrogen (secondary N) is 1. The molecule has 0 fully saturated rings. The van der Waals surface area contributed by atoms with Crippen LogP contribution in [0.3, 0.4) is 0 Å². The summed E-state index contributed by atoms with van der Waals surface area (Å²) in [5.41, 5.74) is 3.63. The smallest absolute Gasteiger partial charge is 0.150 e. The molecular formula is C15H15NO2. The molecule has 0 aliphatic heterocycles. The Bertz CT molecular complexity index is 547. The minimum Gasteiger partial charge on any atom is -0.495 e. The predicted octanol–water partition coefficient (Wildman–Crippen LogP) is 3.56. The zero-order chi connectivity index (χ0) is 13.0. The van der Waals surface area contributed by atoms with Gasteiger partial charge >= 0.3 is 0 Å². The molecule has 0 heterocycles. The number of ether oxygens (including phenoxy) is 1. The molecule has 0 unspecified atom stereocenters. The van der Waals surface area contributed by atoms with Crippen LogP contribution in [0.25, 0.3) is 0 Å². The normalized spacial score (nSPS) is 9.89. The third-order valence-corrected chi connectivity index (χ3v) is 2.69. The van der Waals surface area contributed by atoms with Crippen molar-refractivity contribution < 1.29 is 9.53 Å². The van der Waals surface area contributed by atoms with Crippen molar-refractivity contribution in [3.8, 4) is 5.75 Å². The van der Waals surface area contributed by atoms with Crippen molar-refractivity contribution in [2.45, 2.75) is 6.92 Å². The standard InChI is InChI=1S/C15H15NO2/c1-11-3-6-13(7-4-11)16-14-8-5-12(10-17)9-15(14)18-2/h3-10,16H,1-2H3. The number of carbonyl (C=O) groups is 1. The molecule has 2 aromatic rings. The summed E-state index contributed by atoms with van der Waals surface area (Å²) in [5, 5.41) is 3.26. The molecule has 18 heavy (non-hydrogen) atoms. The van der Waals surface area contributed by atoms with E-state index in [9.17, 15) is 4.79 Å². The molecule has 2 rings (SSSR count). The molecule has 0 saturated carbocycles. The number of methoxy groups -OCH3 is 1. The van der Waals surface area contributed by atoms with Gasteiger partial charge in [0.2, 0.25) is 0 Å². The highest BCUT2D eigenvalue weighted by molar-refractivity contribution is 5.79. The first kappa shape index (κ1) is 12.2. The summed E-state index contributed by atoms with van der Waals surface area (Å²) < 4.78 is 5.26. The molecule has 0 spiro atoms. The average Bonchev–Trinajstić information content (AvgIpc) is 2.41. The van der Waals surface area contributed by atoms with Gasteiger partial charge in [-0.25, -0.2) is 0 Å². The van der Waals surface area contributed by atoms with Crippen molar-refractivity contribution >= 4 is 17.7 Å². The Morgan fingerprint density at radius 3 is 2.44 bits per heavy atom. The number of hydrogen-bond donors (Lipinski definition) is 1. The van der Waals surface area contributed by atoms with Crippen LogP contribution in [0.5, 0.6) is 5.75 Å². The van der Waals surface area contributed by atoms with Crippen molar-refractivity contribution in [1.82, 2.24) is 0 Å². The zero-order valence-corrected chi connectivity index (χ0v) is 10.4. The highest BCUT2D eigenvalue weighted by Crippen LogP contribution is 2.28. The van der Waals surface area contributed by atoms with E-state index >= 15 is 0 Å². The van der Waals surface area contributed by atoms with Gasteiger partial charge in [-0.3, -0.25) is 4.79 Å². The van der Waals surface area contributed by atoms with E-state index in [4.69, 9.17) is 4.74 Å². The molecule has 0 saturated heterocycles. The van der Waals surface area contributed by atoms with E-state index in [2.05, 4.69) is 5.32 Å². The van der Waals surface area contributed by atoms with Gasteiger partial charge in [-0.15, -0.1) is 0 Å². The predicted molar refractivity (Wildman–Crippen MR) is 72.8 cm³/mol. The summed E-state index contributed by atoms with van der Waals surface area (Å²) in [6, 6.07) is 13.4. The number of aryl methyl sites for hydroxylation is 1. The first-order chi connectivity index (χ1) is 8.72. The Hall–Kier alpha value is -2.29. The fourth-order valence-electron chi connectivity index (χ4n) is 1.68. The molecule has 0 aromatic heterocycles. The number of anilines is 2. The lowest BCUT2D eigenvalue weighted by Gasteiger charge is -2.11. The second-order valence-corrected chi connectivity index (χ2v) is 4.07. The van der Waals surface area contributed by atoms with Crippen LogP contribution in [0.1, 0.15) is 15.9 Å². The maximum absolute atomic E-state index is 10.7. The number of rotatable bonds is 4.